The molecule has 194 valence electrons. The van der Waals surface area contributed by atoms with Crippen LogP contribution in [0.5, 0.6) is 0 Å². The summed E-state index contributed by atoms with van der Waals surface area (Å²) in [6, 6.07) is 19.4. The molecule has 1 aromatic heterocycles. The summed E-state index contributed by atoms with van der Waals surface area (Å²) in [5.74, 6) is -0.0652. The van der Waals surface area contributed by atoms with Crippen molar-refractivity contribution in [3.63, 3.8) is 0 Å². The van der Waals surface area contributed by atoms with Gasteiger partial charge in [0.1, 0.15) is 0 Å². The van der Waals surface area contributed by atoms with Crippen LogP contribution in [0.4, 0.5) is 17.3 Å². The molecule has 0 atom stereocenters. The largest absolute Gasteiger partial charge is 0.373 e. The average Bonchev–Trinajstić information content (AvgIpc) is 2.91. The van der Waals surface area contributed by atoms with E-state index in [4.69, 9.17) is 16.6 Å². The highest BCUT2D eigenvalue weighted by Crippen LogP contribution is 2.33. The van der Waals surface area contributed by atoms with E-state index in [9.17, 15) is 9.59 Å². The summed E-state index contributed by atoms with van der Waals surface area (Å²) < 4.78 is 0. The number of carbonyl (C=O) groups is 2. The number of nitrogens with zero attached hydrogens (tertiary/aromatic N) is 4. The van der Waals surface area contributed by atoms with E-state index in [-0.39, 0.29) is 0 Å². The SMILES string of the molecule is CN(C)CCN(C)c1ccc(Nc2ncc3cccc(-c4ccccc4Cl)c3n2)cc1C=CC(=O)NC=O. The minimum Gasteiger partial charge on any atom is -0.373 e. The van der Waals surface area contributed by atoms with E-state index in [1.54, 1.807) is 12.3 Å². The summed E-state index contributed by atoms with van der Waals surface area (Å²) >= 11 is 6.48. The molecule has 0 saturated carbocycles. The molecule has 8 nitrogen and oxygen atoms in total. The Hall–Kier alpha value is -4.27. The first kappa shape index (κ1) is 26.8. The molecule has 38 heavy (non-hydrogen) atoms. The van der Waals surface area contributed by atoms with Gasteiger partial charge >= 0.3 is 0 Å². The fourth-order valence-corrected chi connectivity index (χ4v) is 4.24. The van der Waals surface area contributed by atoms with E-state index in [1.807, 2.05) is 81.8 Å². The second kappa shape index (κ2) is 12.3. The van der Waals surface area contributed by atoms with Crippen LogP contribution in [-0.4, -0.2) is 61.4 Å². The summed E-state index contributed by atoms with van der Waals surface area (Å²) in [6.07, 6.45) is 5.16. The highest BCUT2D eigenvalue weighted by Gasteiger charge is 2.12. The predicted octanol–water partition coefficient (Wildman–Crippen LogP) is 4.98. The molecule has 2 N–H and O–H groups in total. The summed E-state index contributed by atoms with van der Waals surface area (Å²) in [6.45, 7) is 1.66. The lowest BCUT2D eigenvalue weighted by Gasteiger charge is -2.24. The van der Waals surface area contributed by atoms with Crippen LogP contribution in [0.15, 0.2) is 72.9 Å². The number of para-hydroxylation sites is 1. The first-order valence-electron chi connectivity index (χ1n) is 12.1. The third-order valence-corrected chi connectivity index (χ3v) is 6.30. The Morgan fingerprint density at radius 1 is 1.00 bits per heavy atom. The maximum Gasteiger partial charge on any atom is 0.250 e. The van der Waals surface area contributed by atoms with Crippen molar-refractivity contribution in [2.45, 2.75) is 0 Å². The maximum atomic E-state index is 11.9. The average molecular weight is 529 g/mol. The van der Waals surface area contributed by atoms with Crippen LogP contribution >= 0.6 is 11.6 Å². The Morgan fingerprint density at radius 3 is 2.55 bits per heavy atom. The van der Waals surface area contributed by atoms with Crippen molar-refractivity contribution in [1.82, 2.24) is 20.2 Å². The Labute approximate surface area is 227 Å². The Kier molecular flexibility index (Phi) is 8.68. The smallest absolute Gasteiger partial charge is 0.250 e. The minimum atomic E-state index is -0.495. The van der Waals surface area contributed by atoms with Crippen molar-refractivity contribution >= 4 is 58.2 Å². The van der Waals surface area contributed by atoms with Crippen LogP contribution in [0.3, 0.4) is 0 Å². The summed E-state index contributed by atoms with van der Waals surface area (Å²) in [5, 5.41) is 6.96. The number of aromatic nitrogens is 2. The molecule has 0 aliphatic carbocycles. The second-order valence-electron chi connectivity index (χ2n) is 9.00. The van der Waals surface area contributed by atoms with Gasteiger partial charge in [-0.15, -0.1) is 0 Å². The quantitative estimate of drug-likeness (QED) is 0.222. The number of benzene rings is 3. The topological polar surface area (TPSA) is 90.5 Å². The number of hydrogen-bond donors (Lipinski definition) is 2. The number of halogens is 1. The zero-order valence-electron chi connectivity index (χ0n) is 21.5. The molecular weight excluding hydrogens is 500 g/mol. The number of amides is 2. The Balaban J connectivity index is 1.68. The van der Waals surface area contributed by atoms with Gasteiger partial charge in [-0.2, -0.15) is 0 Å². The molecule has 4 rings (SSSR count). The molecule has 0 fully saturated rings. The molecule has 0 aliphatic heterocycles. The van der Waals surface area contributed by atoms with Gasteiger partial charge in [-0.1, -0.05) is 48.0 Å². The van der Waals surface area contributed by atoms with Crippen LogP contribution in [0.1, 0.15) is 5.56 Å². The zero-order chi connectivity index (χ0) is 27.1. The lowest BCUT2D eigenvalue weighted by molar-refractivity contribution is -0.121. The fourth-order valence-electron chi connectivity index (χ4n) is 4.00. The van der Waals surface area contributed by atoms with Gasteiger partial charge in [0.15, 0.2) is 0 Å². The van der Waals surface area contributed by atoms with Gasteiger partial charge in [-0.25, -0.2) is 9.97 Å². The third-order valence-electron chi connectivity index (χ3n) is 5.97. The molecule has 0 bridgehead atoms. The number of likely N-dealkylation sites (N-methyl/N-ethyl adjacent to an activating group) is 2. The number of carbonyl (C=O) groups excluding carboxylic acids is 2. The van der Waals surface area contributed by atoms with Gasteiger partial charge in [0, 0.05) is 70.9 Å². The van der Waals surface area contributed by atoms with Gasteiger partial charge in [0.25, 0.3) is 0 Å². The number of nitrogens with one attached hydrogen (secondary N) is 2. The highest BCUT2D eigenvalue weighted by molar-refractivity contribution is 6.33. The van der Waals surface area contributed by atoms with E-state index in [0.717, 1.165) is 52.1 Å². The predicted molar refractivity (Wildman–Crippen MR) is 155 cm³/mol. The minimum absolute atomic E-state index is 0.364. The van der Waals surface area contributed by atoms with Gasteiger partial charge in [0.05, 0.1) is 5.52 Å². The molecule has 0 aliphatic rings. The van der Waals surface area contributed by atoms with E-state index < -0.39 is 5.91 Å². The van der Waals surface area contributed by atoms with Gasteiger partial charge in [-0.3, -0.25) is 14.9 Å². The van der Waals surface area contributed by atoms with E-state index in [0.29, 0.717) is 17.4 Å². The van der Waals surface area contributed by atoms with Crippen molar-refractivity contribution in [2.24, 2.45) is 0 Å². The number of imide groups is 1. The van der Waals surface area contributed by atoms with Crippen LogP contribution in [0.25, 0.3) is 28.1 Å². The van der Waals surface area contributed by atoms with Crippen LogP contribution in [0, 0.1) is 0 Å². The summed E-state index contributed by atoms with van der Waals surface area (Å²) in [7, 11) is 6.04. The zero-order valence-corrected chi connectivity index (χ0v) is 22.2. The molecule has 0 saturated heterocycles. The third kappa shape index (κ3) is 6.53. The van der Waals surface area contributed by atoms with E-state index in [1.165, 1.54) is 6.08 Å². The van der Waals surface area contributed by atoms with Crippen molar-refractivity contribution in [1.29, 1.82) is 0 Å². The van der Waals surface area contributed by atoms with Crippen LogP contribution in [0.2, 0.25) is 5.02 Å². The molecule has 0 unspecified atom stereocenters. The lowest BCUT2D eigenvalue weighted by Crippen LogP contribution is -2.28. The summed E-state index contributed by atoms with van der Waals surface area (Å²) in [4.78, 5) is 36.0. The number of anilines is 3. The maximum absolute atomic E-state index is 11.9. The normalized spacial score (nSPS) is 11.2. The highest BCUT2D eigenvalue weighted by atomic mass is 35.5. The number of hydrogen-bond acceptors (Lipinski definition) is 7. The molecule has 1 heterocycles. The first-order chi connectivity index (χ1) is 18.4. The van der Waals surface area contributed by atoms with Crippen molar-refractivity contribution in [3.8, 4) is 11.1 Å². The van der Waals surface area contributed by atoms with Crippen molar-refractivity contribution in [3.05, 3.63) is 83.5 Å². The molecule has 2 amide bonds. The molecule has 9 heteroatoms. The molecule has 0 radical (unpaired) electrons. The molecule has 0 spiro atoms. The van der Waals surface area contributed by atoms with Crippen molar-refractivity contribution in [2.75, 3.05) is 44.4 Å². The second-order valence-corrected chi connectivity index (χ2v) is 9.41. The Bertz CT molecular complexity index is 1490. The van der Waals surface area contributed by atoms with E-state index >= 15 is 0 Å². The Morgan fingerprint density at radius 2 is 1.79 bits per heavy atom. The standard InChI is InChI=1S/C29H29ClN6O2/c1-35(2)15-16-36(3)26-13-12-22(17-20(26)11-14-27(38)32-19-37)33-29-31-18-21-7-6-9-24(28(21)34-29)23-8-4-5-10-25(23)30/h4-14,17-19H,15-16H2,1-3H3,(H,31,33,34)(H,32,37,38). The fraction of sp³-hybridized carbons (Fsp3) is 0.172. The summed E-state index contributed by atoms with van der Waals surface area (Å²) in [5.41, 5.74) is 5.09. The monoisotopic (exact) mass is 528 g/mol. The van der Waals surface area contributed by atoms with Crippen molar-refractivity contribution < 1.29 is 9.59 Å². The van der Waals surface area contributed by atoms with Gasteiger partial charge < -0.3 is 15.1 Å². The van der Waals surface area contributed by atoms with Crippen LogP contribution in [-0.2, 0) is 9.59 Å². The molecule has 3 aromatic carbocycles. The van der Waals surface area contributed by atoms with E-state index in [2.05, 4.69) is 25.4 Å². The first-order valence-corrected chi connectivity index (χ1v) is 12.4. The molecule has 4 aromatic rings. The lowest BCUT2D eigenvalue weighted by atomic mass is 10.0. The van der Waals surface area contributed by atoms with Gasteiger partial charge in [-0.05, 0) is 44.4 Å². The number of rotatable bonds is 10. The van der Waals surface area contributed by atoms with Gasteiger partial charge in [0.2, 0.25) is 18.3 Å². The number of fused-ring (bicyclic) bond motifs is 1. The molecular formula is C29H29ClN6O2. The van der Waals surface area contributed by atoms with Crippen LogP contribution < -0.4 is 15.5 Å².